The van der Waals surface area contributed by atoms with Crippen LogP contribution in [0.15, 0.2) is 42.5 Å². The third-order valence-electron chi connectivity index (χ3n) is 2.58. The smallest absolute Gasteiger partial charge is 0.274 e. The number of carbonyl (C=O) groups excluding carboxylic acids is 1. The minimum absolute atomic E-state index is 0.0143. The predicted molar refractivity (Wildman–Crippen MR) is 69.9 cm³/mol. The van der Waals surface area contributed by atoms with E-state index in [1.807, 2.05) is 0 Å². The summed E-state index contributed by atoms with van der Waals surface area (Å²) in [4.78, 5) is 11.6. The SMILES string of the molecule is O=C(c1ccc(O)cc1-c1ccc(O)cc1)[SH](=O)=O. The molecule has 2 rings (SSSR count). The summed E-state index contributed by atoms with van der Waals surface area (Å²) in [6.07, 6.45) is 0. The Kier molecular flexibility index (Phi) is 3.52. The third-order valence-corrected chi connectivity index (χ3v) is 3.15. The Morgan fingerprint density at radius 3 is 2.05 bits per heavy atom. The molecule has 0 bridgehead atoms. The van der Waals surface area contributed by atoms with E-state index in [9.17, 15) is 23.4 Å². The van der Waals surface area contributed by atoms with Crippen LogP contribution in [0, 0.1) is 0 Å². The Morgan fingerprint density at radius 2 is 1.47 bits per heavy atom. The minimum Gasteiger partial charge on any atom is -0.508 e. The topological polar surface area (TPSA) is 91.7 Å². The lowest BCUT2D eigenvalue weighted by molar-refractivity contribution is 0.108. The van der Waals surface area contributed by atoms with E-state index in [4.69, 9.17) is 0 Å². The maximum absolute atomic E-state index is 11.6. The van der Waals surface area contributed by atoms with Gasteiger partial charge >= 0.3 is 0 Å². The average Bonchev–Trinajstić information content (AvgIpc) is 2.38. The van der Waals surface area contributed by atoms with E-state index < -0.39 is 15.8 Å². The van der Waals surface area contributed by atoms with Gasteiger partial charge in [-0.05, 0) is 41.5 Å². The highest BCUT2D eigenvalue weighted by atomic mass is 32.2. The number of phenolic OH excluding ortho intramolecular Hbond substituents is 2. The molecule has 0 amide bonds. The van der Waals surface area contributed by atoms with Gasteiger partial charge in [-0.3, -0.25) is 4.79 Å². The molecule has 0 saturated heterocycles. The molecule has 0 heterocycles. The molecule has 0 aliphatic rings. The number of hydrogen-bond donors (Lipinski definition) is 3. The minimum atomic E-state index is -3.23. The second-order valence-electron chi connectivity index (χ2n) is 3.84. The second kappa shape index (κ2) is 5.11. The van der Waals surface area contributed by atoms with Gasteiger partial charge in [-0.15, -0.1) is 0 Å². The standard InChI is InChI=1S/C13H10O5S/c14-9-3-1-8(2-4-9)12-7-10(15)5-6-11(12)13(16)19(17)18/h1-7,14-15,19H. The van der Waals surface area contributed by atoms with Gasteiger partial charge in [0, 0.05) is 5.56 Å². The van der Waals surface area contributed by atoms with E-state index in [1.54, 1.807) is 0 Å². The number of benzene rings is 2. The van der Waals surface area contributed by atoms with Crippen molar-refractivity contribution in [2.45, 2.75) is 0 Å². The van der Waals surface area contributed by atoms with Crippen molar-refractivity contribution in [3.8, 4) is 22.6 Å². The van der Waals surface area contributed by atoms with Crippen molar-refractivity contribution in [1.82, 2.24) is 0 Å². The Hall–Kier alpha value is -2.34. The molecule has 0 radical (unpaired) electrons. The zero-order valence-corrected chi connectivity index (χ0v) is 10.5. The maximum Gasteiger partial charge on any atom is 0.274 e. The van der Waals surface area contributed by atoms with Gasteiger partial charge in [0.2, 0.25) is 10.7 Å². The lowest BCUT2D eigenvalue weighted by Crippen LogP contribution is -2.02. The molecule has 0 aliphatic heterocycles. The first-order chi connectivity index (χ1) is 8.99. The van der Waals surface area contributed by atoms with E-state index in [0.717, 1.165) is 0 Å². The number of carbonyl (C=O) groups is 1. The molecule has 6 heteroatoms. The highest BCUT2D eigenvalue weighted by Gasteiger charge is 2.15. The molecule has 0 unspecified atom stereocenters. The number of thiol groups is 1. The van der Waals surface area contributed by atoms with Gasteiger partial charge in [0.15, 0.2) is 0 Å². The molecule has 0 saturated carbocycles. The number of hydrogen-bond acceptors (Lipinski definition) is 5. The summed E-state index contributed by atoms with van der Waals surface area (Å²) in [6, 6.07) is 9.67. The molecular formula is C13H10O5S. The molecule has 0 fully saturated rings. The molecule has 5 nitrogen and oxygen atoms in total. The van der Waals surface area contributed by atoms with Gasteiger partial charge in [-0.2, -0.15) is 0 Å². The molecule has 2 N–H and O–H groups in total. The van der Waals surface area contributed by atoms with Crippen LogP contribution in [0.4, 0.5) is 0 Å². The highest BCUT2D eigenvalue weighted by Crippen LogP contribution is 2.29. The van der Waals surface area contributed by atoms with Crippen LogP contribution in [0.5, 0.6) is 11.5 Å². The number of rotatable bonds is 2. The van der Waals surface area contributed by atoms with Crippen LogP contribution >= 0.6 is 0 Å². The summed E-state index contributed by atoms with van der Waals surface area (Å²) in [7, 11) is -3.23. The quantitative estimate of drug-likeness (QED) is 0.724. The van der Waals surface area contributed by atoms with Crippen molar-refractivity contribution in [2.24, 2.45) is 0 Å². The first-order valence-electron chi connectivity index (χ1n) is 5.30. The predicted octanol–water partition coefficient (Wildman–Crippen LogP) is 1.52. The maximum atomic E-state index is 11.6. The van der Waals surface area contributed by atoms with Crippen LogP contribution in [0.2, 0.25) is 0 Å². The van der Waals surface area contributed by atoms with Gasteiger partial charge in [-0.1, -0.05) is 12.1 Å². The zero-order chi connectivity index (χ0) is 14.0. The molecule has 2 aromatic carbocycles. The van der Waals surface area contributed by atoms with Crippen LogP contribution in [-0.2, 0) is 10.7 Å². The van der Waals surface area contributed by atoms with Crippen LogP contribution in [0.1, 0.15) is 10.4 Å². The third kappa shape index (κ3) is 2.74. The zero-order valence-electron chi connectivity index (χ0n) is 9.61. The van der Waals surface area contributed by atoms with Crippen molar-refractivity contribution in [1.29, 1.82) is 0 Å². The van der Waals surface area contributed by atoms with Crippen LogP contribution in [-0.4, -0.2) is 23.7 Å². The highest BCUT2D eigenvalue weighted by molar-refractivity contribution is 7.89. The monoisotopic (exact) mass is 278 g/mol. The van der Waals surface area contributed by atoms with Gasteiger partial charge in [0.05, 0.1) is 0 Å². The normalized spacial score (nSPS) is 10.6. The van der Waals surface area contributed by atoms with Crippen molar-refractivity contribution < 1.29 is 23.4 Å². The Labute approximate surface area is 110 Å². The van der Waals surface area contributed by atoms with E-state index in [1.165, 1.54) is 42.5 Å². The van der Waals surface area contributed by atoms with Crippen LogP contribution in [0.25, 0.3) is 11.1 Å². The van der Waals surface area contributed by atoms with Crippen molar-refractivity contribution in [3.63, 3.8) is 0 Å². The summed E-state index contributed by atoms with van der Waals surface area (Å²) in [5.74, 6) is -0.0348. The molecule has 0 aliphatic carbocycles. The molecule has 0 aromatic heterocycles. The molecule has 0 atom stereocenters. The van der Waals surface area contributed by atoms with Gasteiger partial charge in [0.1, 0.15) is 11.5 Å². The first kappa shape index (κ1) is 13.1. The number of aromatic hydroxyl groups is 2. The van der Waals surface area contributed by atoms with Crippen LogP contribution < -0.4 is 0 Å². The summed E-state index contributed by atoms with van der Waals surface area (Å²) in [6.45, 7) is 0. The fraction of sp³-hybridized carbons (Fsp3) is 0. The first-order valence-corrected chi connectivity index (χ1v) is 6.48. The van der Waals surface area contributed by atoms with E-state index >= 15 is 0 Å². The lowest BCUT2D eigenvalue weighted by atomic mass is 10.00. The Morgan fingerprint density at radius 1 is 0.895 bits per heavy atom. The van der Waals surface area contributed by atoms with Crippen molar-refractivity contribution >= 4 is 15.8 Å². The molecule has 2 aromatic rings. The van der Waals surface area contributed by atoms with Gasteiger partial charge in [-0.25, -0.2) is 8.42 Å². The average molecular weight is 278 g/mol. The summed E-state index contributed by atoms with van der Waals surface area (Å²) < 4.78 is 21.6. The number of phenols is 2. The van der Waals surface area contributed by atoms with Gasteiger partial charge in [0.25, 0.3) is 5.12 Å². The van der Waals surface area contributed by atoms with Crippen LogP contribution in [0.3, 0.4) is 0 Å². The van der Waals surface area contributed by atoms with E-state index in [2.05, 4.69) is 0 Å². The Balaban J connectivity index is 2.64. The van der Waals surface area contributed by atoms with E-state index in [0.29, 0.717) is 11.1 Å². The second-order valence-corrected chi connectivity index (χ2v) is 4.76. The summed E-state index contributed by atoms with van der Waals surface area (Å²) in [5, 5.41) is 17.7. The van der Waals surface area contributed by atoms with E-state index in [-0.39, 0.29) is 17.1 Å². The van der Waals surface area contributed by atoms with Crippen molar-refractivity contribution in [2.75, 3.05) is 0 Å². The lowest BCUT2D eigenvalue weighted by Gasteiger charge is -2.07. The molecule has 98 valence electrons. The summed E-state index contributed by atoms with van der Waals surface area (Å²) in [5.41, 5.74) is 0.803. The van der Waals surface area contributed by atoms with Gasteiger partial charge < -0.3 is 10.2 Å². The molecule has 0 spiro atoms. The largest absolute Gasteiger partial charge is 0.508 e. The Bertz CT molecular complexity index is 693. The summed E-state index contributed by atoms with van der Waals surface area (Å²) >= 11 is 0. The fourth-order valence-corrected chi connectivity index (χ4v) is 2.09. The molecule has 19 heavy (non-hydrogen) atoms. The molecular weight excluding hydrogens is 268 g/mol. The van der Waals surface area contributed by atoms with Crippen molar-refractivity contribution in [3.05, 3.63) is 48.0 Å². The fourth-order valence-electron chi connectivity index (χ4n) is 1.70.